The highest BCUT2D eigenvalue weighted by Gasteiger charge is 2.31. The SMILES string of the molecule is Cc1ccc(OCC(=O)N2c3ccccc3C[C@@H]2C)c([N+](=O)[O-])c1. The Labute approximate surface area is 139 Å². The molecule has 0 aromatic heterocycles. The van der Waals surface area contributed by atoms with E-state index in [9.17, 15) is 14.9 Å². The van der Waals surface area contributed by atoms with Gasteiger partial charge in [0.15, 0.2) is 12.4 Å². The minimum Gasteiger partial charge on any atom is -0.477 e. The fourth-order valence-corrected chi connectivity index (χ4v) is 3.05. The molecule has 1 aliphatic rings. The first-order valence-electron chi connectivity index (χ1n) is 7.75. The zero-order chi connectivity index (χ0) is 17.3. The van der Waals surface area contributed by atoms with Crippen LogP contribution in [-0.2, 0) is 11.2 Å². The smallest absolute Gasteiger partial charge is 0.311 e. The van der Waals surface area contributed by atoms with E-state index in [1.54, 1.807) is 17.9 Å². The van der Waals surface area contributed by atoms with E-state index in [0.29, 0.717) is 0 Å². The van der Waals surface area contributed by atoms with Crippen LogP contribution in [0.2, 0.25) is 0 Å². The van der Waals surface area contributed by atoms with Crippen molar-refractivity contribution < 1.29 is 14.5 Å². The number of nitrogens with zero attached hydrogens (tertiary/aromatic N) is 2. The Morgan fingerprint density at radius 3 is 2.83 bits per heavy atom. The molecule has 2 aromatic carbocycles. The van der Waals surface area contributed by atoms with E-state index >= 15 is 0 Å². The molecule has 0 fully saturated rings. The molecule has 2 aromatic rings. The number of benzene rings is 2. The van der Waals surface area contributed by atoms with E-state index in [4.69, 9.17) is 4.74 Å². The fraction of sp³-hybridized carbons (Fsp3) is 0.278. The summed E-state index contributed by atoms with van der Waals surface area (Å²) in [5.41, 5.74) is 2.65. The molecule has 0 spiro atoms. The third kappa shape index (κ3) is 2.95. The monoisotopic (exact) mass is 326 g/mol. The van der Waals surface area contributed by atoms with Gasteiger partial charge < -0.3 is 9.64 Å². The molecule has 0 N–H and O–H groups in total. The second-order valence-electron chi connectivity index (χ2n) is 5.96. The number of anilines is 1. The van der Waals surface area contributed by atoms with Crippen LogP contribution in [0.25, 0.3) is 0 Å². The molecule has 0 saturated carbocycles. The van der Waals surface area contributed by atoms with Crippen LogP contribution in [0.1, 0.15) is 18.1 Å². The molecule has 124 valence electrons. The van der Waals surface area contributed by atoms with Gasteiger partial charge in [0.1, 0.15) is 0 Å². The minimum absolute atomic E-state index is 0.0477. The largest absolute Gasteiger partial charge is 0.477 e. The number of fused-ring (bicyclic) bond motifs is 1. The molecular formula is C18H18N2O4. The van der Waals surface area contributed by atoms with Crippen molar-refractivity contribution in [2.75, 3.05) is 11.5 Å². The van der Waals surface area contributed by atoms with E-state index in [2.05, 4.69) is 0 Å². The van der Waals surface area contributed by atoms with Crippen molar-refractivity contribution in [1.29, 1.82) is 0 Å². The van der Waals surface area contributed by atoms with Crippen molar-refractivity contribution >= 4 is 17.3 Å². The first-order valence-corrected chi connectivity index (χ1v) is 7.75. The third-order valence-electron chi connectivity index (χ3n) is 4.14. The van der Waals surface area contributed by atoms with Crippen LogP contribution in [0.5, 0.6) is 5.75 Å². The highest BCUT2D eigenvalue weighted by atomic mass is 16.6. The second kappa shape index (κ2) is 6.31. The van der Waals surface area contributed by atoms with Gasteiger partial charge in [0, 0.05) is 17.8 Å². The topological polar surface area (TPSA) is 72.7 Å². The number of aryl methyl sites for hydroxylation is 1. The lowest BCUT2D eigenvalue weighted by Crippen LogP contribution is -2.39. The quantitative estimate of drug-likeness (QED) is 0.638. The van der Waals surface area contributed by atoms with Gasteiger partial charge in [-0.15, -0.1) is 0 Å². The van der Waals surface area contributed by atoms with Crippen LogP contribution in [0.3, 0.4) is 0 Å². The van der Waals surface area contributed by atoms with Crippen molar-refractivity contribution in [3.8, 4) is 5.75 Å². The molecule has 0 saturated heterocycles. The van der Waals surface area contributed by atoms with Crippen LogP contribution in [0, 0.1) is 17.0 Å². The molecule has 24 heavy (non-hydrogen) atoms. The lowest BCUT2D eigenvalue weighted by atomic mass is 10.1. The summed E-state index contributed by atoms with van der Waals surface area (Å²) < 4.78 is 5.46. The van der Waals surface area contributed by atoms with Crippen LogP contribution >= 0.6 is 0 Å². The molecular weight excluding hydrogens is 308 g/mol. The Hall–Kier alpha value is -2.89. The molecule has 1 amide bonds. The molecule has 1 heterocycles. The molecule has 0 bridgehead atoms. The van der Waals surface area contributed by atoms with E-state index in [1.165, 1.54) is 12.1 Å². The van der Waals surface area contributed by atoms with Crippen LogP contribution in [0.15, 0.2) is 42.5 Å². The Bertz CT molecular complexity index is 803. The van der Waals surface area contributed by atoms with Crippen LogP contribution in [-0.4, -0.2) is 23.5 Å². The molecule has 6 nitrogen and oxygen atoms in total. The number of para-hydroxylation sites is 1. The maximum atomic E-state index is 12.6. The van der Waals surface area contributed by atoms with Crippen molar-refractivity contribution in [1.82, 2.24) is 0 Å². The van der Waals surface area contributed by atoms with Crippen LogP contribution in [0.4, 0.5) is 11.4 Å². The summed E-state index contributed by atoms with van der Waals surface area (Å²) in [7, 11) is 0. The molecule has 0 radical (unpaired) electrons. The fourth-order valence-electron chi connectivity index (χ4n) is 3.05. The van der Waals surface area contributed by atoms with Gasteiger partial charge in [-0.2, -0.15) is 0 Å². The van der Waals surface area contributed by atoms with E-state index in [-0.39, 0.29) is 30.0 Å². The average Bonchev–Trinajstić information content (AvgIpc) is 2.89. The average molecular weight is 326 g/mol. The number of rotatable bonds is 4. The Morgan fingerprint density at radius 2 is 2.08 bits per heavy atom. The Kier molecular flexibility index (Phi) is 4.20. The summed E-state index contributed by atoms with van der Waals surface area (Å²) in [6.45, 7) is 3.51. The van der Waals surface area contributed by atoms with Gasteiger partial charge in [0.25, 0.3) is 5.91 Å². The summed E-state index contributed by atoms with van der Waals surface area (Å²) >= 11 is 0. The predicted molar refractivity (Wildman–Crippen MR) is 90.4 cm³/mol. The summed E-state index contributed by atoms with van der Waals surface area (Å²) in [6, 6.07) is 12.5. The third-order valence-corrected chi connectivity index (χ3v) is 4.14. The molecule has 0 aliphatic carbocycles. The van der Waals surface area contributed by atoms with Crippen molar-refractivity contribution in [3.05, 3.63) is 63.7 Å². The van der Waals surface area contributed by atoms with E-state index < -0.39 is 4.92 Å². The second-order valence-corrected chi connectivity index (χ2v) is 5.96. The lowest BCUT2D eigenvalue weighted by Gasteiger charge is -2.22. The molecule has 3 rings (SSSR count). The van der Waals surface area contributed by atoms with Crippen molar-refractivity contribution in [2.45, 2.75) is 26.3 Å². The highest BCUT2D eigenvalue weighted by molar-refractivity contribution is 5.97. The van der Waals surface area contributed by atoms with Gasteiger partial charge in [-0.1, -0.05) is 24.3 Å². The van der Waals surface area contributed by atoms with E-state index in [1.807, 2.05) is 31.2 Å². The maximum absolute atomic E-state index is 12.6. The Morgan fingerprint density at radius 1 is 1.33 bits per heavy atom. The van der Waals surface area contributed by atoms with E-state index in [0.717, 1.165) is 23.2 Å². The van der Waals surface area contributed by atoms with Gasteiger partial charge in [0.05, 0.1) is 4.92 Å². The predicted octanol–water partition coefficient (Wildman–Crippen LogP) is 3.26. The number of carbonyl (C=O) groups is 1. The molecule has 6 heteroatoms. The number of carbonyl (C=O) groups excluding carboxylic acids is 1. The first-order chi connectivity index (χ1) is 11.5. The van der Waals surface area contributed by atoms with Crippen molar-refractivity contribution in [3.63, 3.8) is 0 Å². The Balaban J connectivity index is 1.76. The number of nitro benzene ring substituents is 1. The lowest BCUT2D eigenvalue weighted by molar-refractivity contribution is -0.385. The number of nitro groups is 1. The van der Waals surface area contributed by atoms with Gasteiger partial charge >= 0.3 is 5.69 Å². The minimum atomic E-state index is -0.499. The summed E-state index contributed by atoms with van der Waals surface area (Å²) in [5.74, 6) is -0.0959. The molecule has 1 aliphatic heterocycles. The number of ether oxygens (including phenoxy) is 1. The zero-order valence-corrected chi connectivity index (χ0v) is 13.6. The molecule has 0 unspecified atom stereocenters. The molecule has 1 atom stereocenters. The summed E-state index contributed by atoms with van der Waals surface area (Å²) in [5, 5.41) is 11.1. The number of hydrogen-bond acceptors (Lipinski definition) is 4. The standard InChI is InChI=1S/C18H18N2O4/c1-12-7-8-17(16(9-12)20(22)23)24-11-18(21)19-13(2)10-14-5-3-4-6-15(14)19/h3-9,13H,10-11H2,1-2H3/t13-/m0/s1. The zero-order valence-electron chi connectivity index (χ0n) is 13.6. The summed E-state index contributed by atoms with van der Waals surface area (Å²) in [6.07, 6.45) is 0.798. The van der Waals surface area contributed by atoms with Crippen LogP contribution < -0.4 is 9.64 Å². The van der Waals surface area contributed by atoms with Gasteiger partial charge in [-0.25, -0.2) is 0 Å². The first kappa shape index (κ1) is 16.0. The summed E-state index contributed by atoms with van der Waals surface area (Å²) in [4.78, 5) is 24.9. The van der Waals surface area contributed by atoms with Gasteiger partial charge in [0.2, 0.25) is 0 Å². The van der Waals surface area contributed by atoms with Crippen molar-refractivity contribution in [2.24, 2.45) is 0 Å². The van der Waals surface area contributed by atoms with Gasteiger partial charge in [-0.05, 0) is 43.5 Å². The maximum Gasteiger partial charge on any atom is 0.311 e. The highest BCUT2D eigenvalue weighted by Crippen LogP contribution is 2.32. The normalized spacial score (nSPS) is 15.9. The van der Waals surface area contributed by atoms with Gasteiger partial charge in [-0.3, -0.25) is 14.9 Å². The number of amides is 1. The number of hydrogen-bond donors (Lipinski definition) is 0.